The number of aromatic nitrogens is 1. The number of nitrogens with one attached hydrogen (secondary N) is 2. The first-order valence-corrected chi connectivity index (χ1v) is 10.1. The van der Waals surface area contributed by atoms with Crippen LogP contribution in [0.3, 0.4) is 0 Å². The van der Waals surface area contributed by atoms with Gasteiger partial charge in [-0.05, 0) is 43.5 Å². The van der Waals surface area contributed by atoms with E-state index in [1.54, 1.807) is 18.2 Å². The number of nitrogens with two attached hydrogens (primary N) is 2. The zero-order valence-electron chi connectivity index (χ0n) is 15.5. The van der Waals surface area contributed by atoms with Crippen LogP contribution in [0, 0.1) is 6.92 Å². The highest BCUT2D eigenvalue weighted by Crippen LogP contribution is 2.27. The maximum atomic E-state index is 12.5. The molecule has 0 aliphatic carbocycles. The van der Waals surface area contributed by atoms with Crippen molar-refractivity contribution in [3.63, 3.8) is 0 Å². The molecule has 0 radical (unpaired) electrons. The summed E-state index contributed by atoms with van der Waals surface area (Å²) in [5.74, 6) is 0.810. The van der Waals surface area contributed by atoms with Crippen LogP contribution in [0.15, 0.2) is 48.2 Å². The molecule has 1 aromatic heterocycles. The molecule has 1 amide bonds. The lowest BCUT2D eigenvalue weighted by Crippen LogP contribution is -2.24. The van der Waals surface area contributed by atoms with Gasteiger partial charge in [0.1, 0.15) is 10.7 Å². The number of rotatable bonds is 6. The van der Waals surface area contributed by atoms with E-state index in [2.05, 4.69) is 20.5 Å². The molecule has 3 rings (SSSR count). The number of likely N-dealkylation sites (tertiary alicyclic amines) is 1. The number of hydrogen-bond donors (Lipinski definition) is 4. The number of allylic oxidation sites excluding steroid dienone is 2. The third-order valence-corrected chi connectivity index (χ3v) is 5.57. The van der Waals surface area contributed by atoms with Gasteiger partial charge in [0, 0.05) is 13.1 Å². The minimum absolute atomic E-state index is 0.275. The molecule has 1 aliphatic rings. The number of amides is 1. The largest absolute Gasteiger partial charge is 0.385 e. The average molecular weight is 419 g/mol. The summed E-state index contributed by atoms with van der Waals surface area (Å²) in [6.45, 7) is 3.83. The van der Waals surface area contributed by atoms with Gasteiger partial charge in [0.2, 0.25) is 0 Å². The van der Waals surface area contributed by atoms with E-state index in [-0.39, 0.29) is 5.91 Å². The third kappa shape index (κ3) is 4.96. The summed E-state index contributed by atoms with van der Waals surface area (Å²) in [7, 11) is 0. The Kier molecular flexibility index (Phi) is 6.43. The molecule has 6 N–H and O–H groups in total. The smallest absolute Gasteiger partial charge is 0.267 e. The maximum absolute atomic E-state index is 12.5. The van der Waals surface area contributed by atoms with Crippen LogP contribution in [0.2, 0.25) is 5.02 Å². The molecule has 9 heteroatoms. The number of para-hydroxylation sites is 1. The van der Waals surface area contributed by atoms with Crippen LogP contribution in [-0.4, -0.2) is 28.9 Å². The van der Waals surface area contributed by atoms with Crippen LogP contribution < -0.4 is 22.1 Å². The number of aryl methyl sites for hydroxylation is 1. The lowest BCUT2D eigenvalue weighted by atomic mass is 10.2. The van der Waals surface area contributed by atoms with Gasteiger partial charge in [0.05, 0.1) is 22.7 Å². The summed E-state index contributed by atoms with van der Waals surface area (Å²) in [5, 5.41) is 6.81. The Morgan fingerprint density at radius 3 is 2.71 bits per heavy atom. The number of halogens is 1. The lowest BCUT2D eigenvalue weighted by Gasteiger charge is -2.16. The van der Waals surface area contributed by atoms with E-state index < -0.39 is 0 Å². The second-order valence-electron chi connectivity index (χ2n) is 6.45. The summed E-state index contributed by atoms with van der Waals surface area (Å²) in [6.07, 6.45) is 7.28. The highest BCUT2D eigenvalue weighted by atomic mass is 35.5. The van der Waals surface area contributed by atoms with Crippen molar-refractivity contribution in [2.75, 3.05) is 23.7 Å². The fraction of sp³-hybridized carbons (Fsp3) is 0.263. The van der Waals surface area contributed by atoms with Crippen LogP contribution in [0.1, 0.15) is 28.1 Å². The summed E-state index contributed by atoms with van der Waals surface area (Å²) in [6, 6.07) is 5.45. The van der Waals surface area contributed by atoms with Crippen LogP contribution in [0.5, 0.6) is 0 Å². The standard InChI is InChI=1S/C19H23ClN6OS/c1-12-5-4-6-13(20)17(12)25-18(27)14-11-23-19(28-14)24-15(21)7-8-16(22)26-9-2-3-10-26/h4-8,11H,2-3,9-10,21-22H2,1H3,(H,23,24)(H,25,27)/b15-7+,16-8+. The molecule has 1 saturated heterocycles. The number of carbonyl (C=O) groups excluding carboxylic acids is 1. The van der Waals surface area contributed by atoms with E-state index in [4.69, 9.17) is 23.1 Å². The predicted octanol–water partition coefficient (Wildman–Crippen LogP) is 3.47. The minimum Gasteiger partial charge on any atom is -0.385 e. The van der Waals surface area contributed by atoms with Gasteiger partial charge in [-0.15, -0.1) is 0 Å². The second-order valence-corrected chi connectivity index (χ2v) is 7.89. The number of hydrogen-bond acceptors (Lipinski definition) is 7. The fourth-order valence-electron chi connectivity index (χ4n) is 2.82. The van der Waals surface area contributed by atoms with Crippen molar-refractivity contribution in [3.8, 4) is 0 Å². The van der Waals surface area contributed by atoms with Gasteiger partial charge in [-0.25, -0.2) is 4.98 Å². The maximum Gasteiger partial charge on any atom is 0.267 e. The summed E-state index contributed by atoms with van der Waals surface area (Å²) < 4.78 is 0. The highest BCUT2D eigenvalue weighted by Gasteiger charge is 2.14. The Bertz CT molecular complexity index is 897. The van der Waals surface area contributed by atoms with Crippen LogP contribution >= 0.6 is 22.9 Å². The summed E-state index contributed by atoms with van der Waals surface area (Å²) >= 11 is 7.36. The Morgan fingerprint density at radius 2 is 2.00 bits per heavy atom. The van der Waals surface area contributed by atoms with Crippen molar-refractivity contribution in [1.29, 1.82) is 0 Å². The molecule has 148 valence electrons. The molecule has 7 nitrogen and oxygen atoms in total. The Labute approximate surface area is 173 Å². The Morgan fingerprint density at radius 1 is 1.25 bits per heavy atom. The molecule has 0 unspecified atom stereocenters. The molecule has 0 bridgehead atoms. The van der Waals surface area contributed by atoms with Gasteiger partial charge in [-0.2, -0.15) is 0 Å². The predicted molar refractivity (Wildman–Crippen MR) is 115 cm³/mol. The molecule has 2 aromatic rings. The van der Waals surface area contributed by atoms with Crippen molar-refractivity contribution in [2.45, 2.75) is 19.8 Å². The Hall–Kier alpha value is -2.71. The van der Waals surface area contributed by atoms with E-state index in [1.165, 1.54) is 17.5 Å². The molecule has 1 aromatic carbocycles. The number of carbonyl (C=O) groups is 1. The van der Waals surface area contributed by atoms with Gasteiger partial charge in [-0.3, -0.25) is 4.79 Å². The van der Waals surface area contributed by atoms with Gasteiger partial charge < -0.3 is 27.0 Å². The Balaban J connectivity index is 1.62. The average Bonchev–Trinajstić information content (AvgIpc) is 3.35. The minimum atomic E-state index is -0.275. The molecule has 0 saturated carbocycles. The van der Waals surface area contributed by atoms with Crippen molar-refractivity contribution < 1.29 is 4.79 Å². The number of anilines is 2. The molecular formula is C19H23ClN6OS. The van der Waals surface area contributed by atoms with Crippen LogP contribution in [0.4, 0.5) is 10.8 Å². The van der Waals surface area contributed by atoms with Gasteiger partial charge in [0.25, 0.3) is 5.91 Å². The van der Waals surface area contributed by atoms with E-state index in [0.717, 1.165) is 31.5 Å². The molecule has 1 aliphatic heterocycles. The van der Waals surface area contributed by atoms with Crippen LogP contribution in [0.25, 0.3) is 0 Å². The van der Waals surface area contributed by atoms with Crippen molar-refractivity contribution in [2.24, 2.45) is 11.5 Å². The molecule has 0 atom stereocenters. The molecule has 1 fully saturated rings. The van der Waals surface area contributed by atoms with Crippen molar-refractivity contribution in [3.05, 3.63) is 63.7 Å². The zero-order valence-corrected chi connectivity index (χ0v) is 17.1. The number of thiazole rings is 1. The SMILES string of the molecule is Cc1cccc(Cl)c1NC(=O)c1cnc(N/C(N)=C/C=C(\N)N2CCCC2)s1. The molecule has 2 heterocycles. The molecule has 0 spiro atoms. The molecular weight excluding hydrogens is 396 g/mol. The van der Waals surface area contributed by atoms with Gasteiger partial charge in [0.15, 0.2) is 5.13 Å². The number of nitrogens with zero attached hydrogens (tertiary/aromatic N) is 2. The second kappa shape index (κ2) is 8.99. The first-order chi connectivity index (χ1) is 13.4. The first kappa shape index (κ1) is 20.0. The molecule has 28 heavy (non-hydrogen) atoms. The number of benzene rings is 1. The van der Waals surface area contributed by atoms with E-state index in [0.29, 0.717) is 32.4 Å². The highest BCUT2D eigenvalue weighted by molar-refractivity contribution is 7.17. The quantitative estimate of drug-likeness (QED) is 0.535. The van der Waals surface area contributed by atoms with Crippen LogP contribution in [-0.2, 0) is 0 Å². The van der Waals surface area contributed by atoms with Crippen molar-refractivity contribution >= 4 is 39.7 Å². The van der Waals surface area contributed by atoms with Crippen molar-refractivity contribution in [1.82, 2.24) is 9.88 Å². The summed E-state index contributed by atoms with van der Waals surface area (Å²) in [5.41, 5.74) is 13.5. The van der Waals surface area contributed by atoms with Gasteiger partial charge in [-0.1, -0.05) is 35.1 Å². The van der Waals surface area contributed by atoms with E-state index in [1.807, 2.05) is 19.1 Å². The lowest BCUT2D eigenvalue weighted by molar-refractivity contribution is 0.103. The topological polar surface area (TPSA) is 109 Å². The van der Waals surface area contributed by atoms with E-state index >= 15 is 0 Å². The summed E-state index contributed by atoms with van der Waals surface area (Å²) in [4.78, 5) is 19.2. The third-order valence-electron chi connectivity index (χ3n) is 4.35. The fourth-order valence-corrected chi connectivity index (χ4v) is 3.82. The zero-order chi connectivity index (χ0) is 20.1. The van der Waals surface area contributed by atoms with Gasteiger partial charge >= 0.3 is 0 Å². The van der Waals surface area contributed by atoms with E-state index in [9.17, 15) is 4.79 Å². The first-order valence-electron chi connectivity index (χ1n) is 8.91. The normalized spacial score (nSPS) is 15.0. The monoisotopic (exact) mass is 418 g/mol.